The second-order valence-electron chi connectivity index (χ2n) is 6.00. The van der Waals surface area contributed by atoms with Gasteiger partial charge in [-0.3, -0.25) is 0 Å². The van der Waals surface area contributed by atoms with Crippen LogP contribution >= 0.6 is 15.9 Å². The fourth-order valence-corrected chi connectivity index (χ4v) is 5.75. The lowest BCUT2D eigenvalue weighted by Gasteiger charge is -2.23. The van der Waals surface area contributed by atoms with E-state index in [9.17, 15) is 13.2 Å². The number of hydrogen-bond acceptors (Lipinski definition) is 6. The molecule has 1 unspecified atom stereocenters. The number of aromatic nitrogens is 1. The summed E-state index contributed by atoms with van der Waals surface area (Å²) >= 11 is 3.28. The van der Waals surface area contributed by atoms with E-state index in [-0.39, 0.29) is 17.5 Å². The van der Waals surface area contributed by atoms with Crippen LogP contribution < -0.4 is 0 Å². The number of carbonyl (C=O) groups is 1. The first kappa shape index (κ1) is 19.1. The standard InChI is InChI=1S/C17H19BrN2O5S/c1-3-24-17(21)12-6-7-16(13(18)10-12)26(22,23)20-8-4-5-15(20)14-9-11(2)25-19-14/h6-7,9-10,15H,3-5,8H2,1-2H3. The van der Waals surface area contributed by atoms with E-state index in [1.807, 2.05) is 0 Å². The van der Waals surface area contributed by atoms with E-state index in [0.717, 1.165) is 6.42 Å². The maximum atomic E-state index is 13.2. The zero-order valence-corrected chi connectivity index (χ0v) is 16.8. The third-order valence-electron chi connectivity index (χ3n) is 4.22. The molecule has 0 aliphatic carbocycles. The Bertz CT molecular complexity index is 925. The summed E-state index contributed by atoms with van der Waals surface area (Å²) in [5.74, 6) is 0.151. The van der Waals surface area contributed by atoms with Gasteiger partial charge in [0.25, 0.3) is 0 Å². The van der Waals surface area contributed by atoms with Gasteiger partial charge in [-0.25, -0.2) is 13.2 Å². The maximum absolute atomic E-state index is 13.2. The number of hydrogen-bond donors (Lipinski definition) is 0. The molecule has 26 heavy (non-hydrogen) atoms. The predicted octanol–water partition coefficient (Wildman–Crippen LogP) is 3.45. The van der Waals surface area contributed by atoms with E-state index in [4.69, 9.17) is 9.26 Å². The zero-order chi connectivity index (χ0) is 18.9. The van der Waals surface area contributed by atoms with E-state index in [2.05, 4.69) is 21.1 Å². The van der Waals surface area contributed by atoms with Gasteiger partial charge in [0.1, 0.15) is 11.5 Å². The van der Waals surface area contributed by atoms with Crippen molar-refractivity contribution in [2.24, 2.45) is 0 Å². The minimum absolute atomic E-state index is 0.109. The summed E-state index contributed by atoms with van der Waals surface area (Å²) < 4.78 is 38.2. The van der Waals surface area contributed by atoms with Crippen LogP contribution in [0, 0.1) is 6.92 Å². The molecule has 0 bridgehead atoms. The van der Waals surface area contributed by atoms with E-state index in [1.54, 1.807) is 19.9 Å². The van der Waals surface area contributed by atoms with Gasteiger partial charge in [0.15, 0.2) is 0 Å². The van der Waals surface area contributed by atoms with Crippen LogP contribution in [0.5, 0.6) is 0 Å². The SMILES string of the molecule is CCOC(=O)c1ccc(S(=O)(=O)N2CCCC2c2cc(C)on2)c(Br)c1. The van der Waals surface area contributed by atoms with Crippen LogP contribution in [0.3, 0.4) is 0 Å². The Balaban J connectivity index is 1.93. The van der Waals surface area contributed by atoms with Gasteiger partial charge < -0.3 is 9.26 Å². The summed E-state index contributed by atoms with van der Waals surface area (Å²) in [5, 5.41) is 3.98. The summed E-state index contributed by atoms with van der Waals surface area (Å²) in [6, 6.07) is 5.76. The number of rotatable bonds is 5. The number of nitrogens with zero attached hydrogens (tertiary/aromatic N) is 2. The fraction of sp³-hybridized carbons (Fsp3) is 0.412. The van der Waals surface area contributed by atoms with Gasteiger partial charge in [-0.1, -0.05) is 5.16 Å². The monoisotopic (exact) mass is 442 g/mol. The molecule has 0 radical (unpaired) electrons. The third kappa shape index (κ3) is 3.56. The summed E-state index contributed by atoms with van der Waals surface area (Å²) in [6.07, 6.45) is 1.43. The number of halogens is 1. The molecule has 1 atom stereocenters. The largest absolute Gasteiger partial charge is 0.462 e. The number of sulfonamides is 1. The highest BCUT2D eigenvalue weighted by atomic mass is 79.9. The molecule has 1 saturated heterocycles. The normalized spacial score (nSPS) is 18.2. The van der Waals surface area contributed by atoms with Crippen molar-refractivity contribution in [3.8, 4) is 0 Å². The summed E-state index contributed by atoms with van der Waals surface area (Å²) in [7, 11) is -3.76. The van der Waals surface area contributed by atoms with E-state index >= 15 is 0 Å². The lowest BCUT2D eigenvalue weighted by molar-refractivity contribution is 0.0526. The Morgan fingerprint density at radius 3 is 2.81 bits per heavy atom. The molecule has 140 valence electrons. The van der Waals surface area contributed by atoms with E-state index in [1.165, 1.54) is 22.5 Å². The molecule has 2 aromatic rings. The maximum Gasteiger partial charge on any atom is 0.338 e. The van der Waals surface area contributed by atoms with Crippen LogP contribution in [0.15, 0.2) is 38.2 Å². The van der Waals surface area contributed by atoms with Crippen molar-refractivity contribution >= 4 is 31.9 Å². The van der Waals surface area contributed by atoms with Gasteiger partial charge in [-0.05, 0) is 60.8 Å². The molecular weight excluding hydrogens is 424 g/mol. The van der Waals surface area contributed by atoms with Gasteiger partial charge in [-0.2, -0.15) is 4.31 Å². The number of esters is 1. The Kier molecular flexibility index (Phi) is 5.50. The molecule has 1 fully saturated rings. The first-order valence-electron chi connectivity index (χ1n) is 8.26. The number of benzene rings is 1. The number of aryl methyl sites for hydroxylation is 1. The molecule has 0 N–H and O–H groups in total. The lowest BCUT2D eigenvalue weighted by atomic mass is 10.1. The van der Waals surface area contributed by atoms with Crippen molar-refractivity contribution < 1.29 is 22.5 Å². The number of ether oxygens (including phenoxy) is 1. The third-order valence-corrected chi connectivity index (χ3v) is 7.11. The molecule has 1 aliphatic heterocycles. The van der Waals surface area contributed by atoms with E-state index in [0.29, 0.717) is 34.5 Å². The minimum Gasteiger partial charge on any atom is -0.462 e. The number of carbonyl (C=O) groups excluding carboxylic acids is 1. The van der Waals surface area contributed by atoms with Crippen LogP contribution in [0.1, 0.15) is 47.6 Å². The second kappa shape index (κ2) is 7.50. The summed E-state index contributed by atoms with van der Waals surface area (Å²) in [5.41, 5.74) is 0.908. The minimum atomic E-state index is -3.76. The van der Waals surface area contributed by atoms with Crippen molar-refractivity contribution in [3.05, 3.63) is 45.8 Å². The molecule has 7 nitrogen and oxygen atoms in total. The van der Waals surface area contributed by atoms with Gasteiger partial charge in [0.2, 0.25) is 10.0 Å². The smallest absolute Gasteiger partial charge is 0.338 e. The van der Waals surface area contributed by atoms with Crippen molar-refractivity contribution in [1.82, 2.24) is 9.46 Å². The Morgan fingerprint density at radius 2 is 2.19 bits per heavy atom. The average molecular weight is 443 g/mol. The summed E-state index contributed by atoms with van der Waals surface area (Å²) in [4.78, 5) is 11.9. The van der Waals surface area contributed by atoms with Gasteiger partial charge in [-0.15, -0.1) is 0 Å². The van der Waals surface area contributed by atoms with Crippen molar-refractivity contribution in [2.45, 2.75) is 37.6 Å². The molecule has 2 heterocycles. The Hall–Kier alpha value is -1.71. The molecule has 3 rings (SSSR count). The molecular formula is C17H19BrN2O5S. The van der Waals surface area contributed by atoms with Crippen molar-refractivity contribution in [1.29, 1.82) is 0 Å². The molecule has 0 amide bonds. The highest BCUT2D eigenvalue weighted by Gasteiger charge is 2.38. The van der Waals surface area contributed by atoms with Crippen LogP contribution in [-0.2, 0) is 14.8 Å². The predicted molar refractivity (Wildman–Crippen MR) is 97.2 cm³/mol. The van der Waals surface area contributed by atoms with Crippen LogP contribution in [0.2, 0.25) is 0 Å². The first-order chi connectivity index (χ1) is 12.3. The Labute approximate surface area is 160 Å². The molecule has 0 spiro atoms. The molecule has 1 aliphatic rings. The van der Waals surface area contributed by atoms with Gasteiger partial charge >= 0.3 is 5.97 Å². The fourth-order valence-electron chi connectivity index (χ4n) is 3.04. The Morgan fingerprint density at radius 1 is 1.42 bits per heavy atom. The molecule has 0 saturated carbocycles. The highest BCUT2D eigenvalue weighted by Crippen LogP contribution is 2.38. The van der Waals surface area contributed by atoms with Crippen LogP contribution in [0.25, 0.3) is 0 Å². The topological polar surface area (TPSA) is 89.7 Å². The quantitative estimate of drug-likeness (QED) is 0.658. The molecule has 9 heteroatoms. The average Bonchev–Trinajstić information content (AvgIpc) is 3.23. The van der Waals surface area contributed by atoms with Gasteiger partial charge in [0.05, 0.1) is 23.1 Å². The first-order valence-corrected chi connectivity index (χ1v) is 10.5. The highest BCUT2D eigenvalue weighted by molar-refractivity contribution is 9.10. The van der Waals surface area contributed by atoms with Gasteiger partial charge in [0, 0.05) is 17.1 Å². The summed E-state index contributed by atoms with van der Waals surface area (Å²) in [6.45, 7) is 4.15. The lowest BCUT2D eigenvalue weighted by Crippen LogP contribution is -2.31. The molecule has 1 aromatic carbocycles. The van der Waals surface area contributed by atoms with Crippen LogP contribution in [0.4, 0.5) is 0 Å². The second-order valence-corrected chi connectivity index (χ2v) is 8.72. The van der Waals surface area contributed by atoms with Crippen LogP contribution in [-0.4, -0.2) is 37.0 Å². The van der Waals surface area contributed by atoms with E-state index < -0.39 is 16.0 Å². The molecule has 1 aromatic heterocycles. The van der Waals surface area contributed by atoms with Crippen molar-refractivity contribution in [3.63, 3.8) is 0 Å². The van der Waals surface area contributed by atoms with Crippen molar-refractivity contribution in [2.75, 3.05) is 13.2 Å². The zero-order valence-electron chi connectivity index (χ0n) is 14.4.